The summed E-state index contributed by atoms with van der Waals surface area (Å²) in [5, 5.41) is 8.48. The fourth-order valence-electron chi connectivity index (χ4n) is 3.55. The molecule has 0 bridgehead atoms. The van der Waals surface area contributed by atoms with E-state index in [0.717, 1.165) is 11.1 Å². The monoisotopic (exact) mass is 495 g/mol. The van der Waals surface area contributed by atoms with Crippen molar-refractivity contribution < 1.29 is 14.3 Å². The molecule has 1 amide bonds. The topological polar surface area (TPSA) is 65.4 Å². The van der Waals surface area contributed by atoms with Gasteiger partial charge in [-0.1, -0.05) is 53.5 Å². The molecule has 0 spiro atoms. The van der Waals surface area contributed by atoms with Gasteiger partial charge in [-0.15, -0.1) is 0 Å². The molecule has 3 aromatic carbocycles. The Bertz CT molecular complexity index is 1310. The van der Waals surface area contributed by atoms with Crippen molar-refractivity contribution in [3.8, 4) is 28.4 Å². The van der Waals surface area contributed by atoms with Crippen LogP contribution in [0.1, 0.15) is 16.1 Å². The van der Waals surface area contributed by atoms with Crippen LogP contribution < -0.4 is 14.8 Å². The standard InChI is InChI=1S/C26H23Cl2N3O3/c1-33-19-9-10-20(25(15-19)34-2)23-16-24(26(32)29-13-12-17-6-4-3-5-7-17)31(30-23)18-8-11-21(27)22(28)14-18/h3-11,14-16H,12-13H2,1-2H3,(H,29,32). The lowest BCUT2D eigenvalue weighted by Crippen LogP contribution is -2.27. The first-order valence-electron chi connectivity index (χ1n) is 10.6. The number of halogens is 2. The van der Waals surface area contributed by atoms with Gasteiger partial charge in [-0.25, -0.2) is 4.68 Å². The summed E-state index contributed by atoms with van der Waals surface area (Å²) in [5.74, 6) is 0.978. The second-order valence-electron chi connectivity index (χ2n) is 7.48. The Morgan fingerprint density at radius 2 is 1.74 bits per heavy atom. The van der Waals surface area contributed by atoms with Gasteiger partial charge in [-0.2, -0.15) is 5.10 Å². The second kappa shape index (κ2) is 10.6. The molecule has 1 aromatic heterocycles. The lowest BCUT2D eigenvalue weighted by atomic mass is 10.1. The van der Waals surface area contributed by atoms with Crippen LogP contribution in [0.5, 0.6) is 11.5 Å². The molecule has 0 saturated heterocycles. The van der Waals surface area contributed by atoms with Crippen molar-refractivity contribution >= 4 is 29.1 Å². The van der Waals surface area contributed by atoms with Gasteiger partial charge >= 0.3 is 0 Å². The van der Waals surface area contributed by atoms with E-state index in [1.807, 2.05) is 42.5 Å². The van der Waals surface area contributed by atoms with Crippen molar-refractivity contribution in [3.05, 3.63) is 94.1 Å². The van der Waals surface area contributed by atoms with Crippen LogP contribution >= 0.6 is 23.2 Å². The van der Waals surface area contributed by atoms with E-state index in [1.54, 1.807) is 49.2 Å². The van der Waals surface area contributed by atoms with Crippen molar-refractivity contribution in [2.75, 3.05) is 20.8 Å². The molecule has 0 aliphatic carbocycles. The number of nitrogens with one attached hydrogen (secondary N) is 1. The van der Waals surface area contributed by atoms with Crippen LogP contribution in [0.2, 0.25) is 10.0 Å². The van der Waals surface area contributed by atoms with Crippen molar-refractivity contribution in [3.63, 3.8) is 0 Å². The summed E-state index contributed by atoms with van der Waals surface area (Å²) in [6.45, 7) is 0.483. The molecule has 34 heavy (non-hydrogen) atoms. The zero-order valence-corrected chi connectivity index (χ0v) is 20.2. The van der Waals surface area contributed by atoms with Crippen LogP contribution in [0.15, 0.2) is 72.8 Å². The van der Waals surface area contributed by atoms with E-state index in [-0.39, 0.29) is 5.91 Å². The van der Waals surface area contributed by atoms with Crippen LogP contribution in [-0.2, 0) is 6.42 Å². The predicted molar refractivity (Wildman–Crippen MR) is 135 cm³/mol. The molecule has 174 valence electrons. The van der Waals surface area contributed by atoms with Crippen LogP contribution in [0, 0.1) is 0 Å². The van der Waals surface area contributed by atoms with Gasteiger partial charge in [-0.3, -0.25) is 4.79 Å². The van der Waals surface area contributed by atoms with Gasteiger partial charge < -0.3 is 14.8 Å². The van der Waals surface area contributed by atoms with Crippen LogP contribution in [-0.4, -0.2) is 36.5 Å². The molecule has 0 atom stereocenters. The average Bonchev–Trinajstić information content (AvgIpc) is 3.31. The molecule has 6 nitrogen and oxygen atoms in total. The lowest BCUT2D eigenvalue weighted by Gasteiger charge is -2.10. The van der Waals surface area contributed by atoms with Gasteiger partial charge in [0.2, 0.25) is 0 Å². The fraction of sp³-hybridized carbons (Fsp3) is 0.154. The SMILES string of the molecule is COc1ccc(-c2cc(C(=O)NCCc3ccccc3)n(-c3ccc(Cl)c(Cl)c3)n2)c(OC)c1. The number of hydrogen-bond donors (Lipinski definition) is 1. The van der Waals surface area contributed by atoms with E-state index in [2.05, 4.69) is 5.32 Å². The summed E-state index contributed by atoms with van der Waals surface area (Å²) < 4.78 is 12.4. The first-order chi connectivity index (χ1) is 16.5. The normalized spacial score (nSPS) is 10.7. The van der Waals surface area contributed by atoms with Crippen molar-refractivity contribution in [2.24, 2.45) is 0 Å². The van der Waals surface area contributed by atoms with Gasteiger partial charge in [0, 0.05) is 18.2 Å². The Morgan fingerprint density at radius 1 is 0.941 bits per heavy atom. The van der Waals surface area contributed by atoms with E-state index in [0.29, 0.717) is 51.6 Å². The Hall–Kier alpha value is -3.48. The quantitative estimate of drug-likeness (QED) is 0.333. The number of hydrogen-bond acceptors (Lipinski definition) is 4. The Morgan fingerprint density at radius 3 is 2.44 bits per heavy atom. The minimum atomic E-state index is -0.256. The van der Waals surface area contributed by atoms with Crippen LogP contribution in [0.25, 0.3) is 16.9 Å². The molecule has 0 unspecified atom stereocenters. The third kappa shape index (κ3) is 5.19. The zero-order chi connectivity index (χ0) is 24.1. The minimum Gasteiger partial charge on any atom is -0.497 e. The number of rotatable bonds is 8. The largest absolute Gasteiger partial charge is 0.497 e. The number of methoxy groups -OCH3 is 2. The third-order valence-corrected chi connectivity index (χ3v) is 6.06. The smallest absolute Gasteiger partial charge is 0.270 e. The van der Waals surface area contributed by atoms with Gasteiger partial charge in [0.05, 0.1) is 35.6 Å². The number of benzene rings is 3. The molecular weight excluding hydrogens is 473 g/mol. The maximum absolute atomic E-state index is 13.2. The summed E-state index contributed by atoms with van der Waals surface area (Å²) >= 11 is 12.3. The number of nitrogens with zero attached hydrogens (tertiary/aromatic N) is 2. The molecule has 1 heterocycles. The molecule has 4 aromatic rings. The van der Waals surface area contributed by atoms with Crippen LogP contribution in [0.3, 0.4) is 0 Å². The Balaban J connectivity index is 1.70. The highest BCUT2D eigenvalue weighted by molar-refractivity contribution is 6.42. The lowest BCUT2D eigenvalue weighted by molar-refractivity contribution is 0.0946. The summed E-state index contributed by atoms with van der Waals surface area (Å²) in [7, 11) is 3.16. The number of carbonyl (C=O) groups is 1. The molecule has 1 N–H and O–H groups in total. The van der Waals surface area contributed by atoms with Crippen molar-refractivity contribution in [1.29, 1.82) is 0 Å². The number of aromatic nitrogens is 2. The molecule has 8 heteroatoms. The van der Waals surface area contributed by atoms with Crippen molar-refractivity contribution in [2.45, 2.75) is 6.42 Å². The molecular formula is C26H23Cl2N3O3. The summed E-state index contributed by atoms with van der Waals surface area (Å²) in [6.07, 6.45) is 0.715. The van der Waals surface area contributed by atoms with E-state index in [1.165, 1.54) is 0 Å². The average molecular weight is 496 g/mol. The molecule has 0 saturated carbocycles. The van der Waals surface area contributed by atoms with E-state index in [9.17, 15) is 4.79 Å². The second-order valence-corrected chi connectivity index (χ2v) is 8.30. The van der Waals surface area contributed by atoms with E-state index < -0.39 is 0 Å². The minimum absolute atomic E-state index is 0.256. The fourth-order valence-corrected chi connectivity index (χ4v) is 3.85. The highest BCUT2D eigenvalue weighted by Gasteiger charge is 2.20. The van der Waals surface area contributed by atoms with E-state index in [4.69, 9.17) is 37.8 Å². The molecule has 0 fully saturated rings. The Labute approximate surface area is 208 Å². The molecule has 0 aliphatic rings. The highest BCUT2D eigenvalue weighted by Crippen LogP contribution is 2.34. The molecule has 0 aliphatic heterocycles. The number of carbonyl (C=O) groups excluding carboxylic acids is 1. The Kier molecular flexibility index (Phi) is 7.40. The zero-order valence-electron chi connectivity index (χ0n) is 18.7. The summed E-state index contributed by atoms with van der Waals surface area (Å²) in [5.41, 5.74) is 3.41. The summed E-state index contributed by atoms with van der Waals surface area (Å²) in [6, 6.07) is 22.2. The maximum Gasteiger partial charge on any atom is 0.270 e. The molecule has 0 radical (unpaired) electrons. The van der Waals surface area contributed by atoms with Gasteiger partial charge in [0.1, 0.15) is 17.2 Å². The maximum atomic E-state index is 13.2. The predicted octanol–water partition coefficient (Wildman–Crippen LogP) is 5.84. The van der Waals surface area contributed by atoms with Crippen LogP contribution in [0.4, 0.5) is 0 Å². The number of ether oxygens (including phenoxy) is 2. The summed E-state index contributed by atoms with van der Waals surface area (Å²) in [4.78, 5) is 13.2. The van der Waals surface area contributed by atoms with Gasteiger partial charge in [0.25, 0.3) is 5.91 Å². The first-order valence-corrected chi connectivity index (χ1v) is 11.4. The first kappa shape index (κ1) is 23.7. The van der Waals surface area contributed by atoms with Crippen molar-refractivity contribution in [1.82, 2.24) is 15.1 Å². The molecule has 4 rings (SSSR count). The van der Waals surface area contributed by atoms with Gasteiger partial charge in [-0.05, 0) is 48.4 Å². The third-order valence-electron chi connectivity index (χ3n) is 5.32. The van der Waals surface area contributed by atoms with E-state index >= 15 is 0 Å². The number of amides is 1. The highest BCUT2D eigenvalue weighted by atomic mass is 35.5. The van der Waals surface area contributed by atoms with Gasteiger partial charge in [0.15, 0.2) is 0 Å².